The van der Waals surface area contributed by atoms with Crippen LogP contribution in [0.4, 0.5) is 0 Å². The number of Topliss-reactive ketones (excluding diaryl/α,β-unsaturated/α-hetero) is 1. The minimum atomic E-state index is 0.192. The number of fused-ring (bicyclic) bond motifs is 1. The molecular formula is C17H26N2O2. The summed E-state index contributed by atoms with van der Waals surface area (Å²) >= 11 is 0. The maximum Gasteiger partial charge on any atom is 0.176 e. The van der Waals surface area contributed by atoms with Crippen LogP contribution < -0.4 is 4.74 Å². The number of hydrogen-bond acceptors (Lipinski definition) is 4. The molecule has 0 fully saturated rings. The molecule has 21 heavy (non-hydrogen) atoms. The third-order valence-corrected chi connectivity index (χ3v) is 4.02. The average Bonchev–Trinajstić information content (AvgIpc) is 2.90. The number of carbonyl (C=O) groups is 1. The molecule has 1 aliphatic rings. The predicted molar refractivity (Wildman–Crippen MR) is 85.2 cm³/mol. The first-order valence-corrected chi connectivity index (χ1v) is 7.69. The van der Waals surface area contributed by atoms with Gasteiger partial charge in [-0.25, -0.2) is 0 Å². The molecule has 1 aromatic carbocycles. The first-order valence-electron chi connectivity index (χ1n) is 7.69. The minimum absolute atomic E-state index is 0.192. The fourth-order valence-electron chi connectivity index (χ4n) is 2.86. The Morgan fingerprint density at radius 1 is 1.38 bits per heavy atom. The minimum Gasteiger partial charge on any atom is -0.493 e. The Kier molecular flexibility index (Phi) is 5.37. The number of hydrogen-bond donors (Lipinski definition) is 0. The number of rotatable bonds is 7. The highest BCUT2D eigenvalue weighted by molar-refractivity contribution is 5.98. The van der Waals surface area contributed by atoms with E-state index in [1.165, 1.54) is 0 Å². The van der Waals surface area contributed by atoms with Gasteiger partial charge in [0.2, 0.25) is 0 Å². The van der Waals surface area contributed by atoms with Gasteiger partial charge >= 0.3 is 0 Å². The van der Waals surface area contributed by atoms with Crippen LogP contribution in [0.2, 0.25) is 0 Å². The Morgan fingerprint density at radius 2 is 2.14 bits per heavy atom. The maximum atomic E-state index is 12.5. The van der Waals surface area contributed by atoms with Crippen LogP contribution in [-0.4, -0.2) is 62.0 Å². The van der Waals surface area contributed by atoms with E-state index in [1.54, 1.807) is 0 Å². The average molecular weight is 290 g/mol. The Balaban J connectivity index is 2.02. The summed E-state index contributed by atoms with van der Waals surface area (Å²) in [5.74, 6) is 1.12. The lowest BCUT2D eigenvalue weighted by Gasteiger charge is -2.29. The number of benzene rings is 1. The number of likely N-dealkylation sites (N-methyl/N-ethyl adjacent to an activating group) is 2. The van der Waals surface area contributed by atoms with Crippen molar-refractivity contribution in [2.24, 2.45) is 0 Å². The molecule has 4 nitrogen and oxygen atoms in total. The second-order valence-electron chi connectivity index (χ2n) is 6.02. The third kappa shape index (κ3) is 4.05. The lowest BCUT2D eigenvalue weighted by Crippen LogP contribution is -2.42. The summed E-state index contributed by atoms with van der Waals surface area (Å²) in [5, 5.41) is 0. The summed E-state index contributed by atoms with van der Waals surface area (Å²) in [6.45, 7) is 7.33. The van der Waals surface area contributed by atoms with Gasteiger partial charge in [-0.2, -0.15) is 0 Å². The van der Waals surface area contributed by atoms with E-state index in [-0.39, 0.29) is 5.78 Å². The van der Waals surface area contributed by atoms with Gasteiger partial charge in [-0.05, 0) is 51.3 Å². The smallest absolute Gasteiger partial charge is 0.176 e. The van der Waals surface area contributed by atoms with E-state index >= 15 is 0 Å². The normalized spacial score (nSPS) is 15.1. The number of ketones is 1. The Hall–Kier alpha value is -1.39. The van der Waals surface area contributed by atoms with Gasteiger partial charge in [0.1, 0.15) is 5.75 Å². The van der Waals surface area contributed by atoms with E-state index in [0.717, 1.165) is 43.0 Å². The highest BCUT2D eigenvalue weighted by Gasteiger charge is 2.19. The van der Waals surface area contributed by atoms with Crippen LogP contribution in [-0.2, 0) is 6.42 Å². The molecule has 0 spiro atoms. The van der Waals surface area contributed by atoms with Crippen molar-refractivity contribution in [3.8, 4) is 5.75 Å². The molecule has 0 bridgehead atoms. The molecule has 1 unspecified atom stereocenters. The van der Waals surface area contributed by atoms with Crippen molar-refractivity contribution >= 4 is 5.78 Å². The largest absolute Gasteiger partial charge is 0.493 e. The van der Waals surface area contributed by atoms with Gasteiger partial charge in [-0.1, -0.05) is 6.92 Å². The van der Waals surface area contributed by atoms with Gasteiger partial charge < -0.3 is 9.64 Å². The van der Waals surface area contributed by atoms with Crippen LogP contribution >= 0.6 is 0 Å². The molecule has 1 heterocycles. The molecule has 4 heteroatoms. The molecular weight excluding hydrogens is 264 g/mol. The second-order valence-corrected chi connectivity index (χ2v) is 6.02. The van der Waals surface area contributed by atoms with Crippen molar-refractivity contribution < 1.29 is 9.53 Å². The molecule has 0 amide bonds. The molecule has 1 aliphatic heterocycles. The van der Waals surface area contributed by atoms with Crippen molar-refractivity contribution in [1.29, 1.82) is 0 Å². The molecule has 0 aromatic heterocycles. The fourth-order valence-corrected chi connectivity index (χ4v) is 2.86. The van der Waals surface area contributed by atoms with E-state index in [2.05, 4.69) is 37.7 Å². The van der Waals surface area contributed by atoms with E-state index in [0.29, 0.717) is 12.6 Å². The zero-order valence-electron chi connectivity index (χ0n) is 13.6. The van der Waals surface area contributed by atoms with Crippen molar-refractivity contribution in [3.05, 3.63) is 29.3 Å². The van der Waals surface area contributed by atoms with Crippen molar-refractivity contribution in [2.45, 2.75) is 26.3 Å². The van der Waals surface area contributed by atoms with E-state index in [4.69, 9.17) is 4.74 Å². The van der Waals surface area contributed by atoms with Crippen LogP contribution in [0.3, 0.4) is 0 Å². The van der Waals surface area contributed by atoms with Gasteiger partial charge in [0.15, 0.2) is 5.78 Å². The lowest BCUT2D eigenvalue weighted by atomic mass is 10.0. The zero-order valence-corrected chi connectivity index (χ0v) is 13.6. The lowest BCUT2D eigenvalue weighted by molar-refractivity contribution is 0.0888. The van der Waals surface area contributed by atoms with Crippen LogP contribution in [0.5, 0.6) is 5.75 Å². The maximum absolute atomic E-state index is 12.5. The van der Waals surface area contributed by atoms with Gasteiger partial charge in [0.25, 0.3) is 0 Å². The number of nitrogens with zero attached hydrogens (tertiary/aromatic N) is 2. The Bertz CT molecular complexity index is 500. The molecule has 0 aliphatic carbocycles. The van der Waals surface area contributed by atoms with Gasteiger partial charge in [0, 0.05) is 24.6 Å². The Labute approximate surface area is 127 Å². The van der Waals surface area contributed by atoms with Gasteiger partial charge in [-0.15, -0.1) is 0 Å². The fraction of sp³-hybridized carbons (Fsp3) is 0.588. The van der Waals surface area contributed by atoms with Crippen molar-refractivity contribution in [1.82, 2.24) is 9.80 Å². The van der Waals surface area contributed by atoms with Crippen LogP contribution in [0.15, 0.2) is 18.2 Å². The van der Waals surface area contributed by atoms with E-state index in [1.807, 2.05) is 18.2 Å². The zero-order chi connectivity index (χ0) is 15.4. The first kappa shape index (κ1) is 16.0. The summed E-state index contributed by atoms with van der Waals surface area (Å²) in [5.41, 5.74) is 1.96. The summed E-state index contributed by atoms with van der Waals surface area (Å²) in [6, 6.07) is 6.17. The molecule has 0 radical (unpaired) electrons. The molecule has 0 N–H and O–H groups in total. The topological polar surface area (TPSA) is 32.8 Å². The number of ether oxygens (including phenoxy) is 1. The number of carbonyl (C=O) groups excluding carboxylic acids is 1. The molecule has 0 saturated heterocycles. The quantitative estimate of drug-likeness (QED) is 0.720. The highest BCUT2D eigenvalue weighted by atomic mass is 16.5. The SMILES string of the molecule is CCN(CC(=O)c1ccc2c(c1)CCO2)C(C)CN(C)C. The molecule has 2 rings (SSSR count). The summed E-state index contributed by atoms with van der Waals surface area (Å²) in [6.07, 6.45) is 0.908. The predicted octanol–water partition coefficient (Wildman–Crippen LogP) is 2.08. The van der Waals surface area contributed by atoms with Gasteiger partial charge in [-0.3, -0.25) is 9.69 Å². The monoisotopic (exact) mass is 290 g/mol. The summed E-state index contributed by atoms with van der Waals surface area (Å²) in [7, 11) is 4.12. The molecule has 0 saturated carbocycles. The third-order valence-electron chi connectivity index (χ3n) is 4.02. The molecule has 116 valence electrons. The highest BCUT2D eigenvalue weighted by Crippen LogP contribution is 2.26. The summed E-state index contributed by atoms with van der Waals surface area (Å²) < 4.78 is 5.49. The molecule has 1 atom stereocenters. The van der Waals surface area contributed by atoms with E-state index < -0.39 is 0 Å². The van der Waals surface area contributed by atoms with Crippen molar-refractivity contribution in [2.75, 3.05) is 40.3 Å². The van der Waals surface area contributed by atoms with E-state index in [9.17, 15) is 4.79 Å². The van der Waals surface area contributed by atoms with Crippen LogP contribution in [0, 0.1) is 0 Å². The summed E-state index contributed by atoms with van der Waals surface area (Å²) in [4.78, 5) is 16.9. The first-order chi connectivity index (χ1) is 10.0. The standard InChI is InChI=1S/C17H26N2O2/c1-5-19(13(2)11-18(3)4)12-16(20)14-6-7-17-15(10-14)8-9-21-17/h6-7,10,13H,5,8-9,11-12H2,1-4H3. The van der Waals surface area contributed by atoms with Crippen LogP contribution in [0.25, 0.3) is 0 Å². The molecule has 1 aromatic rings. The second kappa shape index (κ2) is 7.05. The Morgan fingerprint density at radius 3 is 2.81 bits per heavy atom. The van der Waals surface area contributed by atoms with Gasteiger partial charge in [0.05, 0.1) is 13.2 Å². The van der Waals surface area contributed by atoms with Crippen molar-refractivity contribution in [3.63, 3.8) is 0 Å². The van der Waals surface area contributed by atoms with Crippen LogP contribution in [0.1, 0.15) is 29.8 Å².